The first-order valence-corrected chi connectivity index (χ1v) is 12.7. The van der Waals surface area contributed by atoms with Crippen LogP contribution < -0.4 is 9.64 Å². The molecular weight excluding hydrogens is 476 g/mol. The zero-order valence-corrected chi connectivity index (χ0v) is 21.1. The quantitative estimate of drug-likeness (QED) is 0.283. The van der Waals surface area contributed by atoms with E-state index in [1.54, 1.807) is 43.3 Å². The van der Waals surface area contributed by atoms with Gasteiger partial charge >= 0.3 is 0 Å². The summed E-state index contributed by atoms with van der Waals surface area (Å²) >= 11 is 1.35. The summed E-state index contributed by atoms with van der Waals surface area (Å²) in [6, 6.07) is 15.5. The van der Waals surface area contributed by atoms with Crippen LogP contribution >= 0.6 is 11.3 Å². The maximum absolute atomic E-state index is 13.5. The van der Waals surface area contributed by atoms with Crippen molar-refractivity contribution < 1.29 is 23.8 Å². The molecule has 5 rings (SSSR count). The summed E-state index contributed by atoms with van der Waals surface area (Å²) in [5, 5.41) is 11.4. The first kappa shape index (κ1) is 23.8. The summed E-state index contributed by atoms with van der Waals surface area (Å²) in [5.41, 5.74) is 2.53. The molecule has 8 heteroatoms. The van der Waals surface area contributed by atoms with Crippen LogP contribution in [0, 0.1) is 6.92 Å². The lowest BCUT2D eigenvalue weighted by atomic mass is 9.95. The number of thiazole rings is 1. The Morgan fingerprint density at radius 3 is 2.58 bits per heavy atom. The van der Waals surface area contributed by atoms with Crippen LogP contribution in [-0.4, -0.2) is 28.4 Å². The van der Waals surface area contributed by atoms with E-state index in [0.29, 0.717) is 28.8 Å². The van der Waals surface area contributed by atoms with Crippen LogP contribution in [-0.2, 0) is 11.2 Å². The number of furan rings is 1. The van der Waals surface area contributed by atoms with Gasteiger partial charge in [0.15, 0.2) is 16.7 Å². The highest BCUT2D eigenvalue weighted by molar-refractivity contribution is 7.22. The molecule has 3 heterocycles. The van der Waals surface area contributed by atoms with E-state index in [-0.39, 0.29) is 11.3 Å². The van der Waals surface area contributed by atoms with Crippen molar-refractivity contribution in [3.8, 4) is 5.75 Å². The van der Waals surface area contributed by atoms with Crippen molar-refractivity contribution in [2.75, 3.05) is 11.5 Å². The second kappa shape index (κ2) is 9.62. The zero-order valence-electron chi connectivity index (χ0n) is 20.3. The minimum absolute atomic E-state index is 0.0370. The molecule has 1 N–H and O–H groups in total. The standard InChI is InChI=1S/C28H26N2O5S/c1-4-14-34-19-10-8-18(9-11-19)24-23(25(31)21-13-6-16(3)35-21)26(32)27(33)30(24)28-29-20-12-7-17(5-2)15-22(20)36-28/h6-13,15,24,32H,4-5,14H2,1-3H3/t24-/m1/s1. The van der Waals surface area contributed by atoms with Crippen molar-refractivity contribution in [1.82, 2.24) is 4.98 Å². The van der Waals surface area contributed by atoms with Gasteiger partial charge < -0.3 is 14.3 Å². The molecule has 4 aromatic rings. The number of hydrogen-bond donors (Lipinski definition) is 1. The summed E-state index contributed by atoms with van der Waals surface area (Å²) < 4.78 is 12.2. The van der Waals surface area contributed by atoms with E-state index in [1.165, 1.54) is 16.2 Å². The Balaban J connectivity index is 1.62. The minimum Gasteiger partial charge on any atom is -0.503 e. The molecule has 0 radical (unpaired) electrons. The van der Waals surface area contributed by atoms with E-state index < -0.39 is 23.5 Å². The number of ether oxygens (including phenoxy) is 1. The number of aliphatic hydroxyl groups excluding tert-OH is 1. The average molecular weight is 503 g/mol. The molecule has 1 atom stereocenters. The number of Topliss-reactive ketones (excluding diaryl/α,β-unsaturated/α-hetero) is 1. The first-order valence-electron chi connectivity index (χ1n) is 11.9. The summed E-state index contributed by atoms with van der Waals surface area (Å²) in [7, 11) is 0. The molecule has 0 saturated heterocycles. The Morgan fingerprint density at radius 2 is 1.92 bits per heavy atom. The maximum Gasteiger partial charge on any atom is 0.296 e. The fraction of sp³-hybridized carbons (Fsp3) is 0.250. The van der Waals surface area contributed by atoms with Gasteiger partial charge in [-0.1, -0.05) is 43.4 Å². The van der Waals surface area contributed by atoms with Gasteiger partial charge in [-0.2, -0.15) is 0 Å². The lowest BCUT2D eigenvalue weighted by Gasteiger charge is -2.24. The molecular formula is C28H26N2O5S. The Kier molecular flexibility index (Phi) is 6.36. The molecule has 2 aromatic heterocycles. The van der Waals surface area contributed by atoms with E-state index in [1.807, 2.05) is 19.1 Å². The number of hydrogen-bond acceptors (Lipinski definition) is 7. The predicted molar refractivity (Wildman–Crippen MR) is 139 cm³/mol. The third-order valence-electron chi connectivity index (χ3n) is 6.14. The number of ketones is 1. The van der Waals surface area contributed by atoms with Gasteiger partial charge in [-0.05, 0) is 67.3 Å². The predicted octanol–water partition coefficient (Wildman–Crippen LogP) is 6.33. The first-order chi connectivity index (χ1) is 17.4. The van der Waals surface area contributed by atoms with Crippen molar-refractivity contribution in [2.45, 2.75) is 39.7 Å². The average Bonchev–Trinajstić information content (AvgIpc) is 3.58. The molecule has 0 aliphatic carbocycles. The highest BCUT2D eigenvalue weighted by atomic mass is 32.1. The van der Waals surface area contributed by atoms with Gasteiger partial charge in [-0.25, -0.2) is 4.98 Å². The van der Waals surface area contributed by atoms with Crippen LogP contribution in [0.2, 0.25) is 0 Å². The van der Waals surface area contributed by atoms with Gasteiger partial charge in [0, 0.05) is 0 Å². The Bertz CT molecular complexity index is 1480. The number of fused-ring (bicyclic) bond motifs is 1. The molecule has 0 bridgehead atoms. The zero-order chi connectivity index (χ0) is 25.4. The van der Waals surface area contributed by atoms with Crippen molar-refractivity contribution in [2.24, 2.45) is 0 Å². The number of benzene rings is 2. The third kappa shape index (κ3) is 4.18. The number of anilines is 1. The van der Waals surface area contributed by atoms with Crippen LogP contribution in [0.25, 0.3) is 10.2 Å². The van der Waals surface area contributed by atoms with E-state index in [4.69, 9.17) is 9.15 Å². The van der Waals surface area contributed by atoms with Crippen LogP contribution in [0.4, 0.5) is 5.13 Å². The van der Waals surface area contributed by atoms with Gasteiger partial charge in [0.2, 0.25) is 5.78 Å². The largest absolute Gasteiger partial charge is 0.503 e. The second-order valence-electron chi connectivity index (χ2n) is 8.65. The lowest BCUT2D eigenvalue weighted by Crippen LogP contribution is -2.30. The van der Waals surface area contributed by atoms with Gasteiger partial charge in [0.05, 0.1) is 28.4 Å². The summed E-state index contributed by atoms with van der Waals surface area (Å²) in [5.74, 6) is -0.500. The van der Waals surface area contributed by atoms with Crippen LogP contribution in [0.1, 0.15) is 53.8 Å². The Labute approximate surface area is 212 Å². The Hall–Kier alpha value is -3.91. The minimum atomic E-state index is -0.873. The fourth-order valence-corrected chi connectivity index (χ4v) is 5.34. The SMILES string of the molecule is CCCOc1ccc([C@@H]2C(C(=O)c3ccc(C)o3)=C(O)C(=O)N2c2nc3ccc(CC)cc3s2)cc1. The van der Waals surface area contributed by atoms with Crippen LogP contribution in [0.3, 0.4) is 0 Å². The maximum atomic E-state index is 13.5. The van der Waals surface area contributed by atoms with Crippen LogP contribution in [0.5, 0.6) is 5.75 Å². The molecule has 184 valence electrons. The summed E-state index contributed by atoms with van der Waals surface area (Å²) in [6.45, 7) is 6.42. The number of aliphatic hydroxyl groups is 1. The smallest absolute Gasteiger partial charge is 0.296 e. The molecule has 1 aliphatic rings. The fourth-order valence-electron chi connectivity index (χ4n) is 4.29. The van der Waals surface area contributed by atoms with Gasteiger partial charge in [-0.3, -0.25) is 14.5 Å². The highest BCUT2D eigenvalue weighted by Crippen LogP contribution is 2.44. The van der Waals surface area contributed by atoms with Gasteiger partial charge in [0.1, 0.15) is 11.5 Å². The summed E-state index contributed by atoms with van der Waals surface area (Å²) in [6.07, 6.45) is 1.76. The number of aryl methyl sites for hydroxylation is 2. The number of carbonyl (C=O) groups is 2. The van der Waals surface area contributed by atoms with Gasteiger partial charge in [0.25, 0.3) is 5.91 Å². The molecule has 1 amide bonds. The summed E-state index contributed by atoms with van der Waals surface area (Å²) in [4.78, 5) is 33.0. The third-order valence-corrected chi connectivity index (χ3v) is 7.16. The molecule has 0 fully saturated rings. The molecule has 0 unspecified atom stereocenters. The number of carbonyl (C=O) groups excluding carboxylic acids is 2. The van der Waals surface area contributed by atoms with Crippen molar-refractivity contribution in [3.05, 3.63) is 88.6 Å². The van der Waals surface area contributed by atoms with Crippen molar-refractivity contribution in [1.29, 1.82) is 0 Å². The van der Waals surface area contributed by atoms with E-state index in [0.717, 1.165) is 28.6 Å². The Morgan fingerprint density at radius 1 is 1.14 bits per heavy atom. The van der Waals surface area contributed by atoms with E-state index >= 15 is 0 Å². The van der Waals surface area contributed by atoms with Crippen molar-refractivity contribution in [3.63, 3.8) is 0 Å². The highest BCUT2D eigenvalue weighted by Gasteiger charge is 2.46. The lowest BCUT2D eigenvalue weighted by molar-refractivity contribution is -0.117. The molecule has 0 spiro atoms. The van der Waals surface area contributed by atoms with E-state index in [2.05, 4.69) is 18.0 Å². The molecule has 0 saturated carbocycles. The normalized spacial score (nSPS) is 15.8. The van der Waals surface area contributed by atoms with Crippen LogP contribution in [0.15, 0.2) is 70.3 Å². The second-order valence-corrected chi connectivity index (χ2v) is 9.66. The molecule has 7 nitrogen and oxygen atoms in total. The van der Waals surface area contributed by atoms with Crippen molar-refractivity contribution >= 4 is 38.4 Å². The molecule has 2 aromatic carbocycles. The molecule has 1 aliphatic heterocycles. The topological polar surface area (TPSA) is 92.9 Å². The van der Waals surface area contributed by atoms with E-state index in [9.17, 15) is 14.7 Å². The number of aromatic nitrogens is 1. The monoisotopic (exact) mass is 502 g/mol. The number of amides is 1. The van der Waals surface area contributed by atoms with Gasteiger partial charge in [-0.15, -0.1) is 0 Å². The number of rotatable bonds is 8. The number of nitrogens with zero attached hydrogens (tertiary/aromatic N) is 2. The molecule has 36 heavy (non-hydrogen) atoms.